The van der Waals surface area contributed by atoms with Gasteiger partial charge in [-0.3, -0.25) is 0 Å². The Hall–Kier alpha value is -1.02. The molecule has 0 saturated carbocycles. The second-order valence-electron chi connectivity index (χ2n) is 5.93. The third-order valence-electron chi connectivity index (χ3n) is 3.01. The molecule has 0 radical (unpaired) electrons. The van der Waals surface area contributed by atoms with Gasteiger partial charge in [-0.15, -0.1) is 0 Å². The molecule has 1 N–H and O–H groups in total. The molecule has 0 unspecified atom stereocenters. The van der Waals surface area contributed by atoms with Gasteiger partial charge in [0.15, 0.2) is 0 Å². The molecule has 0 spiro atoms. The zero-order valence-electron chi connectivity index (χ0n) is 12.4. The van der Waals surface area contributed by atoms with Crippen molar-refractivity contribution in [2.75, 3.05) is 19.7 Å². The van der Waals surface area contributed by atoms with Crippen molar-refractivity contribution < 1.29 is 4.74 Å². The van der Waals surface area contributed by atoms with Crippen LogP contribution in [0.3, 0.4) is 0 Å². The predicted molar refractivity (Wildman–Crippen MR) is 78.4 cm³/mol. The van der Waals surface area contributed by atoms with Crippen LogP contribution in [0.5, 0.6) is 5.75 Å². The van der Waals surface area contributed by atoms with Crippen LogP contribution in [0, 0.1) is 5.41 Å². The van der Waals surface area contributed by atoms with Gasteiger partial charge in [-0.05, 0) is 24.1 Å². The van der Waals surface area contributed by atoms with Gasteiger partial charge >= 0.3 is 0 Å². The third kappa shape index (κ3) is 4.69. The molecule has 0 aromatic heterocycles. The van der Waals surface area contributed by atoms with E-state index >= 15 is 0 Å². The van der Waals surface area contributed by atoms with Crippen LogP contribution in [0.1, 0.15) is 46.1 Å². The lowest BCUT2D eigenvalue weighted by molar-refractivity contribution is 0.175. The molecular weight excluding hydrogens is 222 g/mol. The van der Waals surface area contributed by atoms with Crippen LogP contribution in [0.25, 0.3) is 0 Å². The monoisotopic (exact) mass is 249 g/mol. The molecule has 1 rings (SSSR count). The Kier molecular flexibility index (Phi) is 5.67. The highest BCUT2D eigenvalue weighted by molar-refractivity contribution is 5.35. The smallest absolute Gasteiger partial charge is 0.122 e. The fraction of sp³-hybridized carbons (Fsp3) is 0.625. The summed E-state index contributed by atoms with van der Waals surface area (Å²) < 4.78 is 6.02. The molecular formula is C16H27NO. The van der Waals surface area contributed by atoms with Crippen LogP contribution >= 0.6 is 0 Å². The SMILES string of the molecule is CCNCC(C)(C)COc1ccccc1C(C)C. The van der Waals surface area contributed by atoms with E-state index in [0.717, 1.165) is 25.4 Å². The van der Waals surface area contributed by atoms with Crippen LogP contribution in [-0.4, -0.2) is 19.7 Å². The van der Waals surface area contributed by atoms with E-state index in [1.54, 1.807) is 0 Å². The molecule has 1 aromatic rings. The first-order chi connectivity index (χ1) is 8.46. The summed E-state index contributed by atoms with van der Waals surface area (Å²) in [5.41, 5.74) is 1.44. The summed E-state index contributed by atoms with van der Waals surface area (Å²) in [7, 11) is 0. The van der Waals surface area contributed by atoms with Crippen LogP contribution in [0.15, 0.2) is 24.3 Å². The number of para-hydroxylation sites is 1. The highest BCUT2D eigenvalue weighted by Gasteiger charge is 2.19. The fourth-order valence-corrected chi connectivity index (χ4v) is 1.88. The molecule has 0 aliphatic heterocycles. The first-order valence-corrected chi connectivity index (χ1v) is 6.88. The largest absolute Gasteiger partial charge is 0.493 e. The minimum absolute atomic E-state index is 0.153. The Morgan fingerprint density at radius 1 is 1.22 bits per heavy atom. The summed E-state index contributed by atoms with van der Waals surface area (Å²) in [6.07, 6.45) is 0. The average molecular weight is 249 g/mol. The Labute approximate surface area is 112 Å². The number of hydrogen-bond acceptors (Lipinski definition) is 2. The molecule has 0 atom stereocenters. The average Bonchev–Trinajstić information content (AvgIpc) is 2.34. The van der Waals surface area contributed by atoms with Gasteiger partial charge in [0, 0.05) is 12.0 Å². The minimum atomic E-state index is 0.153. The quantitative estimate of drug-likeness (QED) is 0.793. The first-order valence-electron chi connectivity index (χ1n) is 6.88. The van der Waals surface area contributed by atoms with Gasteiger partial charge in [0.2, 0.25) is 0 Å². The Morgan fingerprint density at radius 2 is 1.89 bits per heavy atom. The molecule has 0 fully saturated rings. The molecule has 0 heterocycles. The van der Waals surface area contributed by atoms with Crippen molar-refractivity contribution >= 4 is 0 Å². The maximum atomic E-state index is 6.02. The first kappa shape index (κ1) is 15.0. The summed E-state index contributed by atoms with van der Waals surface area (Å²) in [6, 6.07) is 8.33. The molecule has 0 amide bonds. The number of hydrogen-bond donors (Lipinski definition) is 1. The Morgan fingerprint density at radius 3 is 2.50 bits per heavy atom. The Balaban J connectivity index is 2.63. The molecule has 0 aliphatic carbocycles. The van der Waals surface area contributed by atoms with E-state index in [0.29, 0.717) is 5.92 Å². The maximum absolute atomic E-state index is 6.02. The van der Waals surface area contributed by atoms with Gasteiger partial charge in [-0.2, -0.15) is 0 Å². The van der Waals surface area contributed by atoms with Crippen molar-refractivity contribution in [1.29, 1.82) is 0 Å². The minimum Gasteiger partial charge on any atom is -0.493 e. The van der Waals surface area contributed by atoms with E-state index in [2.05, 4.69) is 58.1 Å². The van der Waals surface area contributed by atoms with Crippen molar-refractivity contribution in [2.24, 2.45) is 5.41 Å². The van der Waals surface area contributed by atoms with Crippen LogP contribution in [-0.2, 0) is 0 Å². The second kappa shape index (κ2) is 6.79. The van der Waals surface area contributed by atoms with Crippen molar-refractivity contribution in [3.05, 3.63) is 29.8 Å². The highest BCUT2D eigenvalue weighted by atomic mass is 16.5. The number of nitrogens with one attached hydrogen (secondary N) is 1. The standard InChI is InChI=1S/C16H27NO/c1-6-17-11-16(4,5)12-18-15-10-8-7-9-14(15)13(2)3/h7-10,13,17H,6,11-12H2,1-5H3. The molecule has 102 valence electrons. The summed E-state index contributed by atoms with van der Waals surface area (Å²) in [5, 5.41) is 3.38. The van der Waals surface area contributed by atoms with E-state index in [4.69, 9.17) is 4.74 Å². The molecule has 0 saturated heterocycles. The third-order valence-corrected chi connectivity index (χ3v) is 3.01. The van der Waals surface area contributed by atoms with Gasteiger partial charge < -0.3 is 10.1 Å². The number of ether oxygens (including phenoxy) is 1. The molecule has 2 heteroatoms. The number of benzene rings is 1. The fourth-order valence-electron chi connectivity index (χ4n) is 1.88. The molecule has 18 heavy (non-hydrogen) atoms. The topological polar surface area (TPSA) is 21.3 Å². The van der Waals surface area contributed by atoms with Crippen molar-refractivity contribution in [2.45, 2.75) is 40.5 Å². The molecule has 2 nitrogen and oxygen atoms in total. The summed E-state index contributed by atoms with van der Waals surface area (Å²) in [4.78, 5) is 0. The van der Waals surface area contributed by atoms with Crippen molar-refractivity contribution in [1.82, 2.24) is 5.32 Å². The van der Waals surface area contributed by atoms with Gasteiger partial charge in [-0.25, -0.2) is 0 Å². The van der Waals surface area contributed by atoms with E-state index in [1.165, 1.54) is 5.56 Å². The van der Waals surface area contributed by atoms with E-state index in [1.807, 2.05) is 6.07 Å². The van der Waals surface area contributed by atoms with Crippen LogP contribution < -0.4 is 10.1 Å². The van der Waals surface area contributed by atoms with Gasteiger partial charge in [0.1, 0.15) is 5.75 Å². The van der Waals surface area contributed by atoms with Gasteiger partial charge in [0.25, 0.3) is 0 Å². The Bertz CT molecular complexity index is 358. The summed E-state index contributed by atoms with van der Waals surface area (Å²) >= 11 is 0. The van der Waals surface area contributed by atoms with E-state index in [-0.39, 0.29) is 5.41 Å². The lowest BCUT2D eigenvalue weighted by Gasteiger charge is -2.26. The predicted octanol–water partition coefficient (Wildman–Crippen LogP) is 3.82. The zero-order valence-corrected chi connectivity index (χ0v) is 12.4. The van der Waals surface area contributed by atoms with E-state index < -0.39 is 0 Å². The van der Waals surface area contributed by atoms with Gasteiger partial charge in [0.05, 0.1) is 6.61 Å². The molecule has 0 bridgehead atoms. The van der Waals surface area contributed by atoms with Crippen LogP contribution in [0.4, 0.5) is 0 Å². The number of rotatable bonds is 7. The van der Waals surface area contributed by atoms with E-state index in [9.17, 15) is 0 Å². The summed E-state index contributed by atoms with van der Waals surface area (Å²) in [6.45, 7) is 13.7. The highest BCUT2D eigenvalue weighted by Crippen LogP contribution is 2.27. The van der Waals surface area contributed by atoms with Crippen LogP contribution in [0.2, 0.25) is 0 Å². The van der Waals surface area contributed by atoms with Crippen molar-refractivity contribution in [3.8, 4) is 5.75 Å². The zero-order chi connectivity index (χ0) is 13.6. The molecule has 1 aromatic carbocycles. The normalized spacial score (nSPS) is 11.9. The summed E-state index contributed by atoms with van der Waals surface area (Å²) in [5.74, 6) is 1.52. The van der Waals surface area contributed by atoms with Gasteiger partial charge in [-0.1, -0.05) is 52.8 Å². The van der Waals surface area contributed by atoms with Crippen molar-refractivity contribution in [3.63, 3.8) is 0 Å². The maximum Gasteiger partial charge on any atom is 0.122 e. The second-order valence-corrected chi connectivity index (χ2v) is 5.93. The lowest BCUT2D eigenvalue weighted by Crippen LogP contribution is -2.34. The lowest BCUT2D eigenvalue weighted by atomic mass is 9.94. The molecule has 0 aliphatic rings.